The lowest BCUT2D eigenvalue weighted by atomic mass is 9.49. The Morgan fingerprint density at radius 3 is 2.19 bits per heavy atom. The average Bonchev–Trinajstić information content (AvgIpc) is 3.69. The van der Waals surface area contributed by atoms with E-state index in [1.165, 1.54) is 6.07 Å². The van der Waals surface area contributed by atoms with Gasteiger partial charge in [0.05, 0.1) is 22.9 Å². The molecule has 3 saturated heterocycles. The van der Waals surface area contributed by atoms with E-state index in [9.17, 15) is 42.7 Å². The van der Waals surface area contributed by atoms with Crippen LogP contribution in [0.4, 0.5) is 28.9 Å². The Labute approximate surface area is 367 Å². The molecular weight excluding hydrogens is 837 g/mol. The van der Waals surface area contributed by atoms with Crippen LogP contribution in [-0.2, 0) is 22.3 Å². The molecule has 4 amide bonds. The van der Waals surface area contributed by atoms with Gasteiger partial charge in [-0.15, -0.1) is 0 Å². The Morgan fingerprint density at radius 1 is 0.891 bits per heavy atom. The Bertz CT molecular complexity index is 2460. The molecule has 0 spiro atoms. The molecule has 5 aliphatic heterocycles. The fourth-order valence-corrected chi connectivity index (χ4v) is 11.6. The number of alkyl halides is 4. The minimum Gasteiger partial charge on any atom is -0.488 e. The number of rotatable bonds is 8. The number of piperidine rings is 2. The number of aliphatic hydroxyl groups is 1. The van der Waals surface area contributed by atoms with E-state index in [0.29, 0.717) is 58.0 Å². The van der Waals surface area contributed by atoms with Crippen molar-refractivity contribution in [2.75, 3.05) is 55.6 Å². The second-order valence-electron chi connectivity index (χ2n) is 19.2. The number of carbonyl (C=O) groups is 4. The summed E-state index contributed by atoms with van der Waals surface area (Å²) in [7, 11) is 0. The molecule has 6 heterocycles. The third kappa shape index (κ3) is 7.34. The van der Waals surface area contributed by atoms with Crippen molar-refractivity contribution in [3.05, 3.63) is 82.2 Å². The highest BCUT2D eigenvalue weighted by atomic mass is 19.4. The van der Waals surface area contributed by atoms with E-state index in [1.807, 2.05) is 49.6 Å². The normalized spacial score (nSPS) is 26.6. The topological polar surface area (TPSA) is 163 Å². The van der Waals surface area contributed by atoms with Gasteiger partial charge in [-0.05, 0) is 53.9 Å². The Hall–Kier alpha value is -5.64. The molecule has 18 heteroatoms. The number of aromatic nitrogens is 1. The third-order valence-corrected chi connectivity index (χ3v) is 14.4. The molecule has 1 aromatic heterocycles. The van der Waals surface area contributed by atoms with Crippen LogP contribution in [-0.4, -0.2) is 118 Å². The number of halogens is 4. The number of aliphatic hydroxyl groups excluding tert-OH is 1. The van der Waals surface area contributed by atoms with Crippen molar-refractivity contribution in [3.8, 4) is 11.8 Å². The smallest absolute Gasteiger partial charge is 0.419 e. The maximum absolute atomic E-state index is 16.4. The zero-order valence-corrected chi connectivity index (χ0v) is 36.0. The number of hydrogen-bond acceptors (Lipinski definition) is 12. The summed E-state index contributed by atoms with van der Waals surface area (Å²) >= 11 is 0. The first-order valence-electron chi connectivity index (χ1n) is 21.7. The first kappa shape index (κ1) is 43.6. The van der Waals surface area contributed by atoms with Crippen molar-refractivity contribution in [3.63, 3.8) is 0 Å². The zero-order chi connectivity index (χ0) is 45.7. The van der Waals surface area contributed by atoms with Gasteiger partial charge in [0.2, 0.25) is 11.8 Å². The first-order valence-corrected chi connectivity index (χ1v) is 21.7. The molecule has 6 aliphatic rings. The van der Waals surface area contributed by atoms with Gasteiger partial charge in [-0.25, -0.2) is 9.37 Å². The average molecular weight is 887 g/mol. The maximum atomic E-state index is 16.4. The summed E-state index contributed by atoms with van der Waals surface area (Å²) in [6.07, 6.45) is -4.35. The monoisotopic (exact) mass is 886 g/mol. The van der Waals surface area contributed by atoms with E-state index in [1.54, 1.807) is 18.2 Å². The quantitative estimate of drug-likeness (QED) is 0.225. The summed E-state index contributed by atoms with van der Waals surface area (Å²) < 4.78 is 63.7. The summed E-state index contributed by atoms with van der Waals surface area (Å²) in [6.45, 7) is 12.2. The SMILES string of the molecule is CC1(C)[C@H](Oc2cnc(C#N)c(C(F)(F)F)c2)C(C)(C)[C@H]1N1Cc2cc(N3CCN(CC4(F)CCN(c5ccc6c(c5)C(=O)N(C5CCC(=O)NC5=O)C6=O)CC4)CC3)ccc2C1O. The molecule has 2 aromatic carbocycles. The molecule has 0 bridgehead atoms. The number of pyridine rings is 1. The van der Waals surface area contributed by atoms with E-state index in [-0.39, 0.29) is 48.6 Å². The number of nitrogens with one attached hydrogen (secondary N) is 1. The van der Waals surface area contributed by atoms with Crippen LogP contribution < -0.4 is 19.9 Å². The molecule has 2 atom stereocenters. The molecule has 0 radical (unpaired) electrons. The highest BCUT2D eigenvalue weighted by Crippen LogP contribution is 2.60. The van der Waals surface area contributed by atoms with Crippen molar-refractivity contribution in [1.29, 1.82) is 5.26 Å². The van der Waals surface area contributed by atoms with Gasteiger partial charge in [0, 0.05) is 99.9 Å². The van der Waals surface area contributed by atoms with Gasteiger partial charge in [0.15, 0.2) is 5.69 Å². The van der Waals surface area contributed by atoms with Crippen molar-refractivity contribution >= 4 is 35.0 Å². The van der Waals surface area contributed by atoms with Crippen molar-refractivity contribution in [2.24, 2.45) is 10.8 Å². The van der Waals surface area contributed by atoms with Gasteiger partial charge in [-0.2, -0.15) is 18.4 Å². The molecule has 64 heavy (non-hydrogen) atoms. The highest BCUT2D eigenvalue weighted by Gasteiger charge is 2.67. The number of imide groups is 2. The molecule has 338 valence electrons. The molecule has 9 rings (SSSR count). The van der Waals surface area contributed by atoms with Gasteiger partial charge >= 0.3 is 6.18 Å². The lowest BCUT2D eigenvalue weighted by molar-refractivity contribution is -0.235. The molecule has 3 aromatic rings. The van der Waals surface area contributed by atoms with Crippen LogP contribution >= 0.6 is 0 Å². The minimum absolute atomic E-state index is 0.0385. The largest absolute Gasteiger partial charge is 0.488 e. The van der Waals surface area contributed by atoms with Crippen LogP contribution in [0.1, 0.15) is 103 Å². The zero-order valence-electron chi connectivity index (χ0n) is 36.0. The van der Waals surface area contributed by atoms with Gasteiger partial charge in [0.25, 0.3) is 11.8 Å². The van der Waals surface area contributed by atoms with Crippen molar-refractivity contribution in [1.82, 2.24) is 25.0 Å². The second-order valence-corrected chi connectivity index (χ2v) is 19.2. The number of amides is 4. The molecular formula is C46H50F4N8O6. The number of anilines is 2. The van der Waals surface area contributed by atoms with E-state index in [2.05, 4.69) is 26.2 Å². The molecule has 1 aliphatic carbocycles. The third-order valence-electron chi connectivity index (χ3n) is 14.4. The number of fused-ring (bicyclic) bond motifs is 2. The lowest BCUT2D eigenvalue weighted by Crippen LogP contribution is -2.74. The Kier molecular flexibility index (Phi) is 10.6. The van der Waals surface area contributed by atoms with Crippen LogP contribution in [0.3, 0.4) is 0 Å². The molecule has 1 saturated carbocycles. The van der Waals surface area contributed by atoms with Crippen molar-refractivity contribution in [2.45, 2.75) is 96.2 Å². The molecule has 14 nitrogen and oxygen atoms in total. The summed E-state index contributed by atoms with van der Waals surface area (Å²) in [6, 6.07) is 12.1. The number of nitriles is 1. The first-order chi connectivity index (χ1) is 30.2. The Morgan fingerprint density at radius 2 is 1.53 bits per heavy atom. The van der Waals surface area contributed by atoms with E-state index in [0.717, 1.165) is 34.0 Å². The van der Waals surface area contributed by atoms with Crippen LogP contribution in [0, 0.1) is 22.2 Å². The van der Waals surface area contributed by atoms with Gasteiger partial charge in [-0.1, -0.05) is 33.8 Å². The van der Waals surface area contributed by atoms with Crippen LogP contribution in [0.15, 0.2) is 48.7 Å². The number of hydrogen-bond donors (Lipinski definition) is 2. The summed E-state index contributed by atoms with van der Waals surface area (Å²) in [4.78, 5) is 63.7. The van der Waals surface area contributed by atoms with Crippen LogP contribution in [0.25, 0.3) is 0 Å². The molecule has 2 unspecified atom stereocenters. The minimum atomic E-state index is -4.77. The fraction of sp³-hybridized carbons (Fsp3) is 0.522. The number of piperazine rings is 1. The summed E-state index contributed by atoms with van der Waals surface area (Å²) in [5.41, 5.74) is -0.567. The fourth-order valence-electron chi connectivity index (χ4n) is 11.6. The lowest BCUT2D eigenvalue weighted by Gasteiger charge is -2.66. The second kappa shape index (κ2) is 15.5. The van der Waals surface area contributed by atoms with E-state index in [4.69, 9.17) is 4.74 Å². The van der Waals surface area contributed by atoms with E-state index < -0.39 is 75.9 Å². The van der Waals surface area contributed by atoms with Crippen molar-refractivity contribution < 1.29 is 46.6 Å². The Balaban J connectivity index is 0.783. The predicted molar refractivity (Wildman–Crippen MR) is 224 cm³/mol. The van der Waals surface area contributed by atoms with Gasteiger partial charge < -0.3 is 19.6 Å². The number of ether oxygens (including phenoxy) is 1. The van der Waals surface area contributed by atoms with Gasteiger partial charge in [0.1, 0.15) is 35.9 Å². The molecule has 2 N–H and O–H groups in total. The summed E-state index contributed by atoms with van der Waals surface area (Å²) in [5.74, 6) is -2.32. The maximum Gasteiger partial charge on any atom is 0.419 e. The summed E-state index contributed by atoms with van der Waals surface area (Å²) in [5, 5.41) is 23.0. The molecule has 4 fully saturated rings. The van der Waals surface area contributed by atoms with Crippen LogP contribution in [0.2, 0.25) is 0 Å². The van der Waals surface area contributed by atoms with Gasteiger partial charge in [-0.3, -0.25) is 39.2 Å². The predicted octanol–water partition coefficient (Wildman–Crippen LogP) is 5.19. The number of nitrogens with zero attached hydrogens (tertiary/aromatic N) is 7. The standard InChI is InChI=1S/C46H50F4N8O6/c1-43(2)41(44(3,4)42(43)64-29-21-33(46(48,49)50)34(22-51)52-23-29)57-24-26-19-27(5-7-30(26)38(57)61)56-17-15-54(16-18-56)25-45(47)11-13-55(14-12-45)28-6-8-31-32(20-28)40(63)58(39(31)62)35-9-10-36(59)53-37(35)60/h5-8,19-21,23,35,38,41-42,61H,9-18,24-25H2,1-4H3,(H,53,59,60)/t35?,38?,41-,42-. The van der Waals surface area contributed by atoms with E-state index >= 15 is 4.39 Å². The highest BCUT2D eigenvalue weighted by molar-refractivity contribution is 6.23. The number of benzene rings is 2. The van der Waals surface area contributed by atoms with Crippen LogP contribution in [0.5, 0.6) is 5.75 Å². The number of carbonyl (C=O) groups excluding carboxylic acids is 4.